The molecule has 1 aromatic carbocycles. The Morgan fingerprint density at radius 2 is 2.16 bits per heavy atom. The first kappa shape index (κ1) is 12.0. The van der Waals surface area contributed by atoms with Gasteiger partial charge in [0.05, 0.1) is 5.69 Å². The quantitative estimate of drug-likeness (QED) is 0.793. The molecule has 2 aromatic heterocycles. The first-order chi connectivity index (χ1) is 9.29. The number of fused-ring (bicyclic) bond motifs is 1. The second kappa shape index (κ2) is 4.90. The molecule has 0 atom stereocenters. The standard InChI is InChI=1S/C14H13ClN4/c1-2-16-14-18-12-7-4-8-17-13(12)19(14)11-6-3-5-10(15)9-11/h3-9H,2H2,1H3,(H,16,18). The first-order valence-electron chi connectivity index (χ1n) is 6.13. The van der Waals surface area contributed by atoms with Crippen molar-refractivity contribution in [3.63, 3.8) is 0 Å². The van der Waals surface area contributed by atoms with E-state index in [0.29, 0.717) is 5.02 Å². The van der Waals surface area contributed by atoms with Crippen LogP contribution >= 0.6 is 11.6 Å². The molecule has 4 nitrogen and oxygen atoms in total. The molecule has 0 spiro atoms. The Balaban J connectivity index is 2.28. The fourth-order valence-electron chi connectivity index (χ4n) is 2.05. The number of aromatic nitrogens is 3. The predicted molar refractivity (Wildman–Crippen MR) is 78.0 cm³/mol. The van der Waals surface area contributed by atoms with Crippen molar-refractivity contribution in [2.45, 2.75) is 6.92 Å². The highest BCUT2D eigenvalue weighted by Gasteiger charge is 2.12. The lowest BCUT2D eigenvalue weighted by Gasteiger charge is -2.09. The summed E-state index contributed by atoms with van der Waals surface area (Å²) in [6, 6.07) is 11.5. The molecule has 3 aromatic rings. The SMILES string of the molecule is CCNc1nc2cccnc2n1-c1cccc(Cl)c1. The number of halogens is 1. The van der Waals surface area contributed by atoms with E-state index < -0.39 is 0 Å². The zero-order valence-electron chi connectivity index (χ0n) is 10.5. The number of rotatable bonds is 3. The van der Waals surface area contributed by atoms with Gasteiger partial charge in [0.15, 0.2) is 5.65 Å². The molecule has 0 saturated heterocycles. The number of pyridine rings is 1. The Morgan fingerprint density at radius 3 is 2.95 bits per heavy atom. The van der Waals surface area contributed by atoms with E-state index in [2.05, 4.69) is 15.3 Å². The molecular formula is C14H13ClN4. The molecule has 0 aliphatic rings. The van der Waals surface area contributed by atoms with Gasteiger partial charge in [0.1, 0.15) is 5.52 Å². The van der Waals surface area contributed by atoms with Gasteiger partial charge in [-0.05, 0) is 37.3 Å². The first-order valence-corrected chi connectivity index (χ1v) is 6.50. The third-order valence-electron chi connectivity index (χ3n) is 2.82. The monoisotopic (exact) mass is 272 g/mol. The summed E-state index contributed by atoms with van der Waals surface area (Å²) >= 11 is 6.07. The van der Waals surface area contributed by atoms with Crippen LogP contribution in [0.4, 0.5) is 5.95 Å². The molecule has 3 rings (SSSR count). The van der Waals surface area contributed by atoms with Gasteiger partial charge in [-0.3, -0.25) is 4.57 Å². The lowest BCUT2D eigenvalue weighted by molar-refractivity contribution is 1.03. The average molecular weight is 273 g/mol. The van der Waals surface area contributed by atoms with E-state index in [1.54, 1.807) is 6.20 Å². The van der Waals surface area contributed by atoms with Crippen LogP contribution in [0.3, 0.4) is 0 Å². The molecule has 0 radical (unpaired) electrons. The Kier molecular flexibility index (Phi) is 3.09. The number of imidazole rings is 1. The van der Waals surface area contributed by atoms with Gasteiger partial charge >= 0.3 is 0 Å². The minimum Gasteiger partial charge on any atom is -0.356 e. The van der Waals surface area contributed by atoms with Gasteiger partial charge in [-0.25, -0.2) is 9.97 Å². The van der Waals surface area contributed by atoms with Crippen LogP contribution in [0.15, 0.2) is 42.6 Å². The van der Waals surface area contributed by atoms with Crippen molar-refractivity contribution in [1.29, 1.82) is 0 Å². The number of hydrogen-bond donors (Lipinski definition) is 1. The summed E-state index contributed by atoms with van der Waals surface area (Å²) in [4.78, 5) is 8.96. The Bertz CT molecular complexity index is 720. The number of benzene rings is 1. The van der Waals surface area contributed by atoms with Gasteiger partial charge in [-0.15, -0.1) is 0 Å². The van der Waals surface area contributed by atoms with Crippen LogP contribution < -0.4 is 5.32 Å². The maximum atomic E-state index is 6.07. The average Bonchev–Trinajstić information content (AvgIpc) is 2.77. The van der Waals surface area contributed by atoms with Crippen molar-refractivity contribution >= 4 is 28.7 Å². The Hall–Kier alpha value is -2.07. The fraction of sp³-hybridized carbons (Fsp3) is 0.143. The molecule has 5 heteroatoms. The zero-order valence-corrected chi connectivity index (χ0v) is 11.2. The zero-order chi connectivity index (χ0) is 13.2. The van der Waals surface area contributed by atoms with Crippen LogP contribution in [0, 0.1) is 0 Å². The minimum absolute atomic E-state index is 0.692. The van der Waals surface area contributed by atoms with Crippen molar-refractivity contribution in [2.75, 3.05) is 11.9 Å². The van der Waals surface area contributed by atoms with Crippen molar-refractivity contribution < 1.29 is 0 Å². The summed E-state index contributed by atoms with van der Waals surface area (Å²) in [5, 5.41) is 3.94. The van der Waals surface area contributed by atoms with Crippen LogP contribution in [0.2, 0.25) is 5.02 Å². The minimum atomic E-state index is 0.692. The van der Waals surface area contributed by atoms with Gasteiger partial charge in [-0.1, -0.05) is 17.7 Å². The van der Waals surface area contributed by atoms with E-state index in [-0.39, 0.29) is 0 Å². The van der Waals surface area contributed by atoms with E-state index >= 15 is 0 Å². The normalized spacial score (nSPS) is 10.8. The highest BCUT2D eigenvalue weighted by atomic mass is 35.5. The molecule has 0 saturated carbocycles. The summed E-state index contributed by atoms with van der Waals surface area (Å²) in [7, 11) is 0. The maximum absolute atomic E-state index is 6.07. The number of hydrogen-bond acceptors (Lipinski definition) is 3. The van der Waals surface area contributed by atoms with Gasteiger partial charge in [-0.2, -0.15) is 0 Å². The summed E-state index contributed by atoms with van der Waals surface area (Å²) in [6.07, 6.45) is 1.76. The summed E-state index contributed by atoms with van der Waals surface area (Å²) in [5.41, 5.74) is 2.63. The molecule has 0 bridgehead atoms. The van der Waals surface area contributed by atoms with Crippen LogP contribution in [0.25, 0.3) is 16.9 Å². The van der Waals surface area contributed by atoms with E-state index in [9.17, 15) is 0 Å². The molecule has 0 amide bonds. The number of nitrogens with one attached hydrogen (secondary N) is 1. The van der Waals surface area contributed by atoms with Gasteiger partial charge in [0.25, 0.3) is 0 Å². The maximum Gasteiger partial charge on any atom is 0.209 e. The molecule has 0 aliphatic carbocycles. The predicted octanol–water partition coefficient (Wildman–Crippen LogP) is 3.51. The van der Waals surface area contributed by atoms with Gasteiger partial charge in [0, 0.05) is 17.8 Å². The van der Waals surface area contributed by atoms with Crippen molar-refractivity contribution in [3.8, 4) is 5.69 Å². The van der Waals surface area contributed by atoms with Crippen molar-refractivity contribution in [2.24, 2.45) is 0 Å². The third kappa shape index (κ3) is 2.15. The Labute approximate surface area is 116 Å². The molecule has 19 heavy (non-hydrogen) atoms. The van der Waals surface area contributed by atoms with Crippen LogP contribution in [0.5, 0.6) is 0 Å². The second-order valence-electron chi connectivity index (χ2n) is 4.13. The summed E-state index contributed by atoms with van der Waals surface area (Å²) in [5.74, 6) is 0.776. The molecule has 96 valence electrons. The molecule has 1 N–H and O–H groups in total. The van der Waals surface area contributed by atoms with Crippen LogP contribution in [-0.4, -0.2) is 21.1 Å². The molecule has 0 unspecified atom stereocenters. The highest BCUT2D eigenvalue weighted by Crippen LogP contribution is 2.24. The molecule has 0 fully saturated rings. The number of anilines is 1. The van der Waals surface area contributed by atoms with Crippen molar-refractivity contribution in [3.05, 3.63) is 47.6 Å². The lowest BCUT2D eigenvalue weighted by Crippen LogP contribution is -2.05. The number of nitrogens with zero attached hydrogens (tertiary/aromatic N) is 3. The second-order valence-corrected chi connectivity index (χ2v) is 4.56. The van der Waals surface area contributed by atoms with E-state index in [1.807, 2.05) is 47.9 Å². The topological polar surface area (TPSA) is 42.7 Å². The molecule has 2 heterocycles. The van der Waals surface area contributed by atoms with E-state index in [1.165, 1.54) is 0 Å². The van der Waals surface area contributed by atoms with E-state index in [4.69, 9.17) is 11.6 Å². The third-order valence-corrected chi connectivity index (χ3v) is 3.05. The van der Waals surface area contributed by atoms with Gasteiger partial charge in [0.2, 0.25) is 5.95 Å². The smallest absolute Gasteiger partial charge is 0.209 e. The summed E-state index contributed by atoms with van der Waals surface area (Å²) in [6.45, 7) is 2.83. The van der Waals surface area contributed by atoms with Crippen molar-refractivity contribution in [1.82, 2.24) is 14.5 Å². The van der Waals surface area contributed by atoms with Crippen LogP contribution in [0.1, 0.15) is 6.92 Å². The lowest BCUT2D eigenvalue weighted by atomic mass is 10.3. The van der Waals surface area contributed by atoms with E-state index in [0.717, 1.165) is 29.3 Å². The molecule has 0 aliphatic heterocycles. The molecular weight excluding hydrogens is 260 g/mol. The Morgan fingerprint density at radius 1 is 1.26 bits per heavy atom. The highest BCUT2D eigenvalue weighted by molar-refractivity contribution is 6.30. The fourth-order valence-corrected chi connectivity index (χ4v) is 2.23. The van der Waals surface area contributed by atoms with Gasteiger partial charge < -0.3 is 5.32 Å². The largest absolute Gasteiger partial charge is 0.356 e. The summed E-state index contributed by atoms with van der Waals surface area (Å²) < 4.78 is 1.98. The van der Waals surface area contributed by atoms with Crippen LogP contribution in [-0.2, 0) is 0 Å².